The molecule has 1 fully saturated rings. The first kappa shape index (κ1) is 12.2. The summed E-state index contributed by atoms with van der Waals surface area (Å²) in [5.74, 6) is 3.01. The van der Waals surface area contributed by atoms with E-state index < -0.39 is 0 Å². The Labute approximate surface area is 110 Å². The van der Waals surface area contributed by atoms with E-state index in [0.29, 0.717) is 6.54 Å². The van der Waals surface area contributed by atoms with Crippen LogP contribution in [0.5, 0.6) is 0 Å². The Morgan fingerprint density at radius 2 is 2.39 bits per heavy atom. The molecule has 3 heterocycles. The largest absolute Gasteiger partial charge is 0.312 e. The molecule has 2 aliphatic heterocycles. The van der Waals surface area contributed by atoms with Crippen LogP contribution in [0.3, 0.4) is 0 Å². The minimum atomic E-state index is 0.0335. The molecule has 0 aliphatic carbocycles. The molecule has 1 aromatic rings. The summed E-state index contributed by atoms with van der Waals surface area (Å²) in [5, 5.41) is 3.22. The van der Waals surface area contributed by atoms with Crippen LogP contribution in [-0.4, -0.2) is 46.5 Å². The SMILES string of the molecule is CN1CCSCC1c1nc2c(c(=O)[nH]1)CNCC2. The molecule has 18 heavy (non-hydrogen) atoms. The molecule has 0 radical (unpaired) electrons. The molecular formula is C12H18N4OS. The van der Waals surface area contributed by atoms with Crippen LogP contribution in [0.25, 0.3) is 0 Å². The molecule has 0 bridgehead atoms. The molecule has 0 amide bonds. The zero-order valence-corrected chi connectivity index (χ0v) is 11.3. The van der Waals surface area contributed by atoms with Gasteiger partial charge in [0, 0.05) is 37.6 Å². The number of aromatic nitrogens is 2. The minimum absolute atomic E-state index is 0.0335. The van der Waals surface area contributed by atoms with E-state index in [4.69, 9.17) is 4.98 Å². The van der Waals surface area contributed by atoms with Crippen molar-refractivity contribution in [3.63, 3.8) is 0 Å². The van der Waals surface area contributed by atoms with Gasteiger partial charge in [0.25, 0.3) is 5.56 Å². The van der Waals surface area contributed by atoms with Crippen molar-refractivity contribution in [2.45, 2.75) is 19.0 Å². The van der Waals surface area contributed by atoms with Crippen LogP contribution in [0, 0.1) is 0 Å². The topological polar surface area (TPSA) is 61.0 Å². The zero-order valence-electron chi connectivity index (χ0n) is 10.5. The molecule has 1 aromatic heterocycles. The number of H-pyrrole nitrogens is 1. The number of nitrogens with one attached hydrogen (secondary N) is 2. The third kappa shape index (κ3) is 2.20. The Morgan fingerprint density at radius 3 is 3.22 bits per heavy atom. The number of thioether (sulfide) groups is 1. The molecular weight excluding hydrogens is 248 g/mol. The molecule has 1 atom stereocenters. The Bertz CT molecular complexity index is 501. The highest BCUT2D eigenvalue weighted by molar-refractivity contribution is 7.99. The predicted octanol–water partition coefficient (Wildman–Crippen LogP) is 0.135. The van der Waals surface area contributed by atoms with Crippen LogP contribution in [0.4, 0.5) is 0 Å². The first-order valence-electron chi connectivity index (χ1n) is 6.36. The normalized spacial score (nSPS) is 24.8. The summed E-state index contributed by atoms with van der Waals surface area (Å²) in [6.07, 6.45) is 0.857. The Hall–Kier alpha value is -0.850. The molecule has 2 N–H and O–H groups in total. The Morgan fingerprint density at radius 1 is 1.50 bits per heavy atom. The first-order valence-corrected chi connectivity index (χ1v) is 7.52. The molecule has 0 aromatic carbocycles. The van der Waals surface area contributed by atoms with Gasteiger partial charge in [0.1, 0.15) is 5.82 Å². The van der Waals surface area contributed by atoms with Crippen molar-refractivity contribution >= 4 is 11.8 Å². The van der Waals surface area contributed by atoms with Gasteiger partial charge < -0.3 is 10.3 Å². The highest BCUT2D eigenvalue weighted by Crippen LogP contribution is 2.25. The van der Waals surface area contributed by atoms with E-state index in [-0.39, 0.29) is 11.6 Å². The second-order valence-corrected chi connectivity index (χ2v) is 6.02. The molecule has 3 rings (SSSR count). The van der Waals surface area contributed by atoms with Crippen LogP contribution in [0.2, 0.25) is 0 Å². The van der Waals surface area contributed by atoms with Crippen LogP contribution >= 0.6 is 11.8 Å². The lowest BCUT2D eigenvalue weighted by atomic mass is 10.1. The molecule has 6 heteroatoms. The molecule has 0 saturated carbocycles. The number of nitrogens with zero attached hydrogens (tertiary/aromatic N) is 2. The van der Waals surface area contributed by atoms with Gasteiger partial charge in [0.2, 0.25) is 0 Å². The summed E-state index contributed by atoms with van der Waals surface area (Å²) < 4.78 is 0. The fourth-order valence-electron chi connectivity index (χ4n) is 2.51. The fourth-order valence-corrected chi connectivity index (χ4v) is 3.72. The number of hydrogen-bond donors (Lipinski definition) is 2. The number of hydrogen-bond acceptors (Lipinski definition) is 5. The number of rotatable bonds is 1. The van der Waals surface area contributed by atoms with Crippen molar-refractivity contribution in [1.29, 1.82) is 0 Å². The lowest BCUT2D eigenvalue weighted by Crippen LogP contribution is -2.37. The molecule has 2 aliphatic rings. The highest BCUT2D eigenvalue weighted by Gasteiger charge is 2.25. The minimum Gasteiger partial charge on any atom is -0.312 e. The number of fused-ring (bicyclic) bond motifs is 1. The summed E-state index contributed by atoms with van der Waals surface area (Å²) in [6.45, 7) is 2.61. The smallest absolute Gasteiger partial charge is 0.255 e. The maximum absolute atomic E-state index is 12.1. The van der Waals surface area contributed by atoms with Gasteiger partial charge in [-0.05, 0) is 7.05 Å². The second-order valence-electron chi connectivity index (χ2n) is 4.87. The Balaban J connectivity index is 1.97. The maximum Gasteiger partial charge on any atom is 0.255 e. The summed E-state index contributed by atoms with van der Waals surface area (Å²) in [5.41, 5.74) is 1.83. The van der Waals surface area contributed by atoms with Crippen molar-refractivity contribution in [2.24, 2.45) is 0 Å². The first-order chi connectivity index (χ1) is 8.75. The lowest BCUT2D eigenvalue weighted by molar-refractivity contribution is 0.263. The van der Waals surface area contributed by atoms with E-state index in [9.17, 15) is 4.79 Å². The maximum atomic E-state index is 12.1. The molecule has 5 nitrogen and oxygen atoms in total. The second kappa shape index (κ2) is 5.03. The lowest BCUT2D eigenvalue weighted by Gasteiger charge is -2.31. The van der Waals surface area contributed by atoms with Crippen LogP contribution < -0.4 is 10.9 Å². The van der Waals surface area contributed by atoms with Crippen molar-refractivity contribution in [2.75, 3.05) is 31.6 Å². The summed E-state index contributed by atoms with van der Waals surface area (Å²) in [7, 11) is 2.10. The van der Waals surface area contributed by atoms with Gasteiger partial charge in [-0.25, -0.2) is 4.98 Å². The van der Waals surface area contributed by atoms with E-state index in [1.807, 2.05) is 11.8 Å². The van der Waals surface area contributed by atoms with Gasteiger partial charge >= 0.3 is 0 Å². The van der Waals surface area contributed by atoms with E-state index >= 15 is 0 Å². The summed E-state index contributed by atoms with van der Waals surface area (Å²) >= 11 is 1.93. The van der Waals surface area contributed by atoms with Crippen molar-refractivity contribution in [3.8, 4) is 0 Å². The zero-order chi connectivity index (χ0) is 12.5. The standard InChI is InChI=1S/C12H18N4OS/c1-16-4-5-18-7-10(16)11-14-9-2-3-13-6-8(9)12(17)15-11/h10,13H,2-7H2,1H3,(H,14,15,17). The summed E-state index contributed by atoms with van der Waals surface area (Å²) in [4.78, 5) is 22.0. The van der Waals surface area contributed by atoms with Crippen LogP contribution in [0.15, 0.2) is 4.79 Å². The van der Waals surface area contributed by atoms with Gasteiger partial charge in [-0.1, -0.05) is 0 Å². The predicted molar refractivity (Wildman–Crippen MR) is 73.0 cm³/mol. The van der Waals surface area contributed by atoms with Crippen molar-refractivity contribution in [1.82, 2.24) is 20.2 Å². The number of aromatic amines is 1. The van der Waals surface area contributed by atoms with Gasteiger partial charge in [0.15, 0.2) is 0 Å². The van der Waals surface area contributed by atoms with Gasteiger partial charge in [-0.3, -0.25) is 9.69 Å². The van der Waals surface area contributed by atoms with E-state index in [1.165, 1.54) is 0 Å². The van der Waals surface area contributed by atoms with E-state index in [2.05, 4.69) is 22.2 Å². The average molecular weight is 266 g/mol. The molecule has 98 valence electrons. The Kier molecular flexibility index (Phi) is 3.41. The monoisotopic (exact) mass is 266 g/mol. The molecule has 1 saturated heterocycles. The molecule has 1 unspecified atom stereocenters. The third-order valence-electron chi connectivity index (χ3n) is 3.67. The summed E-state index contributed by atoms with van der Waals surface area (Å²) in [6, 6.07) is 0.247. The van der Waals surface area contributed by atoms with Gasteiger partial charge in [0.05, 0.1) is 17.3 Å². The molecule has 0 spiro atoms. The van der Waals surface area contributed by atoms with Gasteiger partial charge in [-0.2, -0.15) is 11.8 Å². The fraction of sp³-hybridized carbons (Fsp3) is 0.667. The van der Waals surface area contributed by atoms with Crippen LogP contribution in [0.1, 0.15) is 23.1 Å². The van der Waals surface area contributed by atoms with Crippen molar-refractivity contribution < 1.29 is 0 Å². The average Bonchev–Trinajstić information content (AvgIpc) is 2.39. The third-order valence-corrected chi connectivity index (χ3v) is 4.69. The quantitative estimate of drug-likeness (QED) is 0.757. The van der Waals surface area contributed by atoms with Crippen LogP contribution in [-0.2, 0) is 13.0 Å². The van der Waals surface area contributed by atoms with E-state index in [1.54, 1.807) is 0 Å². The van der Waals surface area contributed by atoms with Crippen molar-refractivity contribution in [3.05, 3.63) is 27.4 Å². The highest BCUT2D eigenvalue weighted by atomic mass is 32.2. The van der Waals surface area contributed by atoms with Gasteiger partial charge in [-0.15, -0.1) is 0 Å². The van der Waals surface area contributed by atoms with E-state index in [0.717, 1.165) is 48.1 Å².